The van der Waals surface area contributed by atoms with Crippen molar-refractivity contribution in [1.29, 1.82) is 0 Å². The summed E-state index contributed by atoms with van der Waals surface area (Å²) in [4.78, 5) is 30.7. The monoisotopic (exact) mass is 646 g/mol. The first-order valence-electron chi connectivity index (χ1n) is 20.4. The van der Waals surface area contributed by atoms with Crippen LogP contribution in [0.2, 0.25) is 0 Å². The first-order chi connectivity index (χ1) is 21.9. The largest absolute Gasteiger partial charge is 0.342 e. The van der Waals surface area contributed by atoms with E-state index in [-0.39, 0.29) is 22.2 Å². The number of amides is 1. The number of carbonyl (C=O) groups is 2. The quantitative estimate of drug-likeness (QED) is 0.279. The van der Waals surface area contributed by atoms with Gasteiger partial charge in [0.1, 0.15) is 5.78 Å². The number of fused-ring (bicyclic) bond motifs is 7. The summed E-state index contributed by atoms with van der Waals surface area (Å²) in [5.74, 6) is 5.34. The molecule has 0 spiro atoms. The zero-order chi connectivity index (χ0) is 33.9. The summed E-state index contributed by atoms with van der Waals surface area (Å²) in [6, 6.07) is 0. The maximum Gasteiger partial charge on any atom is 0.226 e. The fourth-order valence-electron chi connectivity index (χ4n) is 15.3. The van der Waals surface area contributed by atoms with E-state index in [0.717, 1.165) is 69.4 Å². The van der Waals surface area contributed by atoms with Gasteiger partial charge < -0.3 is 4.90 Å². The molecule has 0 aromatic rings. The minimum Gasteiger partial charge on any atom is -0.342 e. The molecule has 47 heavy (non-hydrogen) atoms. The first kappa shape index (κ1) is 34.3. The number of Topliss-reactive ketones (excluding diaryl/α,β-unsaturated/α-hetero) is 1. The van der Waals surface area contributed by atoms with Crippen LogP contribution >= 0.6 is 0 Å². The lowest BCUT2D eigenvalue weighted by Gasteiger charge is -2.73. The molecule has 7 rings (SSSR count). The Balaban J connectivity index is 1.15. The summed E-state index contributed by atoms with van der Waals surface area (Å²) < 4.78 is 0. The van der Waals surface area contributed by atoms with Crippen LogP contribution in [0.3, 0.4) is 0 Å². The Morgan fingerprint density at radius 2 is 1.45 bits per heavy atom. The molecule has 0 unspecified atom stereocenters. The fourth-order valence-corrected chi connectivity index (χ4v) is 15.3. The van der Waals surface area contributed by atoms with Crippen LogP contribution in [-0.4, -0.2) is 29.7 Å². The maximum absolute atomic E-state index is 15.0. The lowest BCUT2D eigenvalue weighted by molar-refractivity contribution is -0.240. The molecule has 3 heteroatoms. The van der Waals surface area contributed by atoms with Gasteiger partial charge in [0, 0.05) is 30.8 Å². The molecule has 0 aromatic heterocycles. The molecule has 0 N–H and O–H groups in total. The van der Waals surface area contributed by atoms with E-state index >= 15 is 0 Å². The third-order valence-electron chi connectivity index (χ3n) is 19.0. The van der Waals surface area contributed by atoms with Gasteiger partial charge in [-0.1, -0.05) is 67.5 Å². The molecular weight excluding hydrogens is 574 g/mol. The molecule has 7 fully saturated rings. The second-order valence-electron chi connectivity index (χ2n) is 20.9. The Morgan fingerprint density at radius 3 is 2.11 bits per heavy atom. The van der Waals surface area contributed by atoms with Crippen LogP contribution in [0.15, 0.2) is 12.2 Å². The minimum absolute atomic E-state index is 0.0866. The molecule has 1 saturated heterocycles. The predicted octanol–water partition coefficient (Wildman–Crippen LogP) is 10.9. The van der Waals surface area contributed by atoms with Gasteiger partial charge in [-0.05, 0) is 165 Å². The van der Waals surface area contributed by atoms with Crippen molar-refractivity contribution in [2.45, 2.75) is 159 Å². The van der Waals surface area contributed by atoms with Crippen molar-refractivity contribution in [3.8, 4) is 0 Å². The van der Waals surface area contributed by atoms with Crippen molar-refractivity contribution in [3.05, 3.63) is 12.2 Å². The van der Waals surface area contributed by atoms with Crippen LogP contribution in [0.5, 0.6) is 0 Å². The topological polar surface area (TPSA) is 37.4 Å². The Hall–Kier alpha value is -1.12. The Bertz CT molecular complexity index is 1290. The summed E-state index contributed by atoms with van der Waals surface area (Å²) >= 11 is 0. The zero-order valence-electron chi connectivity index (χ0n) is 32.1. The molecule has 264 valence electrons. The summed E-state index contributed by atoms with van der Waals surface area (Å²) in [7, 11) is 0. The number of allylic oxidation sites excluding steroid dienone is 1. The fraction of sp³-hybridized carbons (Fsp3) is 0.909. The standard InChI is InChI=1S/C44H71NO2/c1-28(2)31-17-21-44(36(46)27-30-26-33(40(30,6)7)38(47)45-24-12-11-13-25-45)23-22-42(9)32(37(31)44)14-15-35-41(8)19-16-29(3)39(4,5)34(41)18-20-43(35,42)10/h29-35,37H,1,11-27H2,2-10H3/t29-,30+,31-,32+,33-,34-,35+,37+,41-,42+,43+,44+/m0/s1. The van der Waals surface area contributed by atoms with E-state index in [1.807, 2.05) is 0 Å². The van der Waals surface area contributed by atoms with Crippen molar-refractivity contribution in [2.75, 3.05) is 13.1 Å². The SMILES string of the molecule is C=C(C)[C@@H]1CC[C@]2(C(=O)C[C@H]3C[C@@H](C(=O)N4CCCCC4)C3(C)C)CC[C@]3(C)[C@H](CC[C@@H]4[C@@]5(C)CC[C@H](C)C(C)(C)[C@@H]5CC[C@]43C)[C@@H]12. The number of hydrogen-bond donors (Lipinski definition) is 0. The molecule has 1 heterocycles. The van der Waals surface area contributed by atoms with Gasteiger partial charge in [0.2, 0.25) is 5.91 Å². The number of carbonyl (C=O) groups excluding carboxylic acids is 2. The smallest absolute Gasteiger partial charge is 0.226 e. The lowest BCUT2D eigenvalue weighted by atomic mass is 9.31. The third kappa shape index (κ3) is 4.60. The highest BCUT2D eigenvalue weighted by Crippen LogP contribution is 2.78. The Morgan fingerprint density at radius 1 is 0.745 bits per heavy atom. The van der Waals surface area contributed by atoms with Crippen molar-refractivity contribution >= 4 is 11.7 Å². The molecule has 6 saturated carbocycles. The van der Waals surface area contributed by atoms with Gasteiger partial charge in [-0.25, -0.2) is 0 Å². The number of likely N-dealkylation sites (tertiary alicyclic amines) is 1. The summed E-state index contributed by atoms with van der Waals surface area (Å²) in [6.45, 7) is 29.2. The zero-order valence-corrected chi connectivity index (χ0v) is 32.1. The van der Waals surface area contributed by atoms with Crippen molar-refractivity contribution < 1.29 is 9.59 Å². The van der Waals surface area contributed by atoms with Gasteiger partial charge in [0.15, 0.2) is 0 Å². The molecular formula is C44H71NO2. The van der Waals surface area contributed by atoms with Gasteiger partial charge in [-0.2, -0.15) is 0 Å². The average Bonchev–Trinajstić information content (AvgIpc) is 3.43. The van der Waals surface area contributed by atoms with Crippen LogP contribution in [0, 0.1) is 79.8 Å². The highest BCUT2D eigenvalue weighted by molar-refractivity contribution is 5.87. The molecule has 3 nitrogen and oxygen atoms in total. The van der Waals surface area contributed by atoms with E-state index in [0.29, 0.717) is 58.0 Å². The van der Waals surface area contributed by atoms with E-state index in [9.17, 15) is 9.59 Å². The van der Waals surface area contributed by atoms with E-state index in [2.05, 4.69) is 73.8 Å². The Labute approximate surface area is 289 Å². The van der Waals surface area contributed by atoms with Gasteiger partial charge in [-0.3, -0.25) is 9.59 Å². The number of piperidine rings is 1. The van der Waals surface area contributed by atoms with Gasteiger partial charge in [0.25, 0.3) is 0 Å². The van der Waals surface area contributed by atoms with E-state index in [4.69, 9.17) is 0 Å². The highest BCUT2D eigenvalue weighted by Gasteiger charge is 2.72. The molecule has 0 bridgehead atoms. The second kappa shape index (κ2) is 11.2. The summed E-state index contributed by atoms with van der Waals surface area (Å²) in [6.07, 6.45) is 17.9. The number of ketones is 1. The lowest BCUT2D eigenvalue weighted by Crippen LogP contribution is -2.66. The van der Waals surface area contributed by atoms with Crippen molar-refractivity contribution in [1.82, 2.24) is 4.90 Å². The van der Waals surface area contributed by atoms with Crippen LogP contribution in [0.4, 0.5) is 0 Å². The third-order valence-corrected chi connectivity index (χ3v) is 19.0. The van der Waals surface area contributed by atoms with E-state index < -0.39 is 0 Å². The van der Waals surface area contributed by atoms with Crippen molar-refractivity contribution in [3.63, 3.8) is 0 Å². The van der Waals surface area contributed by atoms with Crippen LogP contribution < -0.4 is 0 Å². The molecule has 1 amide bonds. The average molecular weight is 646 g/mol. The number of rotatable bonds is 5. The van der Waals surface area contributed by atoms with Crippen LogP contribution in [0.1, 0.15) is 159 Å². The second-order valence-corrected chi connectivity index (χ2v) is 20.9. The minimum atomic E-state index is -0.182. The molecule has 0 radical (unpaired) electrons. The van der Waals surface area contributed by atoms with Crippen LogP contribution in [-0.2, 0) is 9.59 Å². The maximum atomic E-state index is 15.0. The molecule has 7 aliphatic rings. The number of hydrogen-bond acceptors (Lipinski definition) is 2. The number of nitrogens with zero attached hydrogens (tertiary/aromatic N) is 1. The predicted molar refractivity (Wildman–Crippen MR) is 194 cm³/mol. The molecule has 12 atom stereocenters. The highest BCUT2D eigenvalue weighted by atomic mass is 16.2. The first-order valence-corrected chi connectivity index (χ1v) is 20.4. The van der Waals surface area contributed by atoms with E-state index in [1.165, 1.54) is 56.9 Å². The molecule has 6 aliphatic carbocycles. The van der Waals surface area contributed by atoms with Crippen molar-refractivity contribution in [2.24, 2.45) is 79.8 Å². The van der Waals surface area contributed by atoms with Crippen LogP contribution in [0.25, 0.3) is 0 Å². The normalized spacial score (nSPS) is 49.9. The van der Waals surface area contributed by atoms with Gasteiger partial charge in [0.05, 0.1) is 0 Å². The summed E-state index contributed by atoms with van der Waals surface area (Å²) in [5.41, 5.74) is 2.54. The summed E-state index contributed by atoms with van der Waals surface area (Å²) in [5, 5.41) is 0. The molecule has 1 aliphatic heterocycles. The molecule has 0 aromatic carbocycles. The van der Waals surface area contributed by atoms with Gasteiger partial charge in [-0.15, -0.1) is 0 Å². The van der Waals surface area contributed by atoms with Gasteiger partial charge >= 0.3 is 0 Å². The van der Waals surface area contributed by atoms with E-state index in [1.54, 1.807) is 0 Å². The Kier molecular flexibility index (Phi) is 8.17.